The lowest BCUT2D eigenvalue weighted by Crippen LogP contribution is -2.46. The van der Waals surface area contributed by atoms with Crippen LogP contribution in [-0.4, -0.2) is 49.9 Å². The third kappa shape index (κ3) is 3.85. The van der Waals surface area contributed by atoms with Gasteiger partial charge in [0.2, 0.25) is 0 Å². The molecular weight excluding hydrogens is 356 g/mol. The van der Waals surface area contributed by atoms with E-state index in [1.54, 1.807) is 7.11 Å². The number of carbonyl (C=O) groups excluding carboxylic acids is 1. The molecule has 7 heteroatoms. The van der Waals surface area contributed by atoms with Gasteiger partial charge in [0, 0.05) is 30.7 Å². The predicted molar refractivity (Wildman–Crippen MR) is 108 cm³/mol. The van der Waals surface area contributed by atoms with E-state index in [9.17, 15) is 4.79 Å². The van der Waals surface area contributed by atoms with Crippen LogP contribution in [-0.2, 0) is 0 Å². The number of carbonyl (C=O) groups is 1. The predicted octanol–water partition coefficient (Wildman–Crippen LogP) is 2.82. The van der Waals surface area contributed by atoms with Gasteiger partial charge in [-0.25, -0.2) is 0 Å². The van der Waals surface area contributed by atoms with Crippen molar-refractivity contribution in [2.24, 2.45) is 0 Å². The van der Waals surface area contributed by atoms with Crippen LogP contribution in [0.5, 0.6) is 5.75 Å². The molecule has 150 valence electrons. The van der Waals surface area contributed by atoms with Crippen LogP contribution in [0.15, 0.2) is 28.8 Å². The van der Waals surface area contributed by atoms with Gasteiger partial charge in [-0.05, 0) is 63.4 Å². The zero-order valence-electron chi connectivity index (χ0n) is 16.5. The van der Waals surface area contributed by atoms with Crippen molar-refractivity contribution in [2.75, 3.05) is 31.6 Å². The van der Waals surface area contributed by atoms with Gasteiger partial charge in [0.1, 0.15) is 11.3 Å². The van der Waals surface area contributed by atoms with Gasteiger partial charge in [-0.1, -0.05) is 5.16 Å². The fourth-order valence-corrected chi connectivity index (χ4v) is 4.09. The molecule has 2 atom stereocenters. The Hall–Kier alpha value is -2.54. The number of piperidine rings is 1. The molecule has 0 saturated carbocycles. The van der Waals surface area contributed by atoms with Crippen molar-refractivity contribution in [2.45, 2.75) is 44.7 Å². The molecule has 7 nitrogen and oxygen atoms in total. The summed E-state index contributed by atoms with van der Waals surface area (Å²) in [5.74, 6) is 1.83. The van der Waals surface area contributed by atoms with Gasteiger partial charge in [0.15, 0.2) is 11.6 Å². The van der Waals surface area contributed by atoms with E-state index < -0.39 is 0 Å². The van der Waals surface area contributed by atoms with E-state index >= 15 is 0 Å². The fraction of sp³-hybridized carbons (Fsp3) is 0.524. The molecule has 2 aliphatic rings. The zero-order valence-corrected chi connectivity index (χ0v) is 16.5. The number of anilines is 1. The largest absolute Gasteiger partial charge is 0.497 e. The Morgan fingerprint density at radius 3 is 2.71 bits per heavy atom. The topological polar surface area (TPSA) is 79.6 Å². The molecule has 0 aliphatic carbocycles. The van der Waals surface area contributed by atoms with E-state index in [1.165, 1.54) is 0 Å². The van der Waals surface area contributed by atoms with Gasteiger partial charge in [0.25, 0.3) is 5.91 Å². The minimum absolute atomic E-state index is 0.104. The van der Waals surface area contributed by atoms with E-state index in [-0.39, 0.29) is 11.9 Å². The fourth-order valence-electron chi connectivity index (χ4n) is 4.09. The number of amides is 1. The van der Waals surface area contributed by atoms with Crippen molar-refractivity contribution in [3.63, 3.8) is 0 Å². The molecule has 0 unspecified atom stereocenters. The third-order valence-electron chi connectivity index (χ3n) is 5.62. The van der Waals surface area contributed by atoms with Crippen molar-refractivity contribution < 1.29 is 14.1 Å². The number of nitrogens with zero attached hydrogens (tertiary/aromatic N) is 2. The summed E-state index contributed by atoms with van der Waals surface area (Å²) >= 11 is 0. The Kier molecular flexibility index (Phi) is 5.52. The molecule has 28 heavy (non-hydrogen) atoms. The maximum atomic E-state index is 13.3. The molecular formula is C21H28N4O3. The van der Waals surface area contributed by atoms with E-state index in [4.69, 9.17) is 9.26 Å². The molecule has 2 N–H and O–H groups in total. The highest BCUT2D eigenvalue weighted by atomic mass is 16.5. The minimum atomic E-state index is -0.104. The summed E-state index contributed by atoms with van der Waals surface area (Å²) in [6.07, 6.45) is 4.07. The second kappa shape index (κ2) is 8.22. The molecule has 3 heterocycles. The van der Waals surface area contributed by atoms with Crippen LogP contribution >= 0.6 is 0 Å². The number of hydrogen-bond donors (Lipinski definition) is 2. The summed E-state index contributed by atoms with van der Waals surface area (Å²) in [5.41, 5.74) is 1.36. The van der Waals surface area contributed by atoms with E-state index in [0.717, 1.165) is 56.6 Å². The van der Waals surface area contributed by atoms with Crippen molar-refractivity contribution in [3.05, 3.63) is 29.8 Å². The first-order chi connectivity index (χ1) is 13.7. The maximum Gasteiger partial charge on any atom is 0.259 e. The number of methoxy groups -OCH3 is 1. The van der Waals surface area contributed by atoms with Crippen LogP contribution in [0.1, 0.15) is 43.0 Å². The van der Waals surface area contributed by atoms with E-state index in [2.05, 4.69) is 27.6 Å². The highest BCUT2D eigenvalue weighted by molar-refractivity contribution is 6.04. The number of benzene rings is 1. The number of nitrogens with one attached hydrogen (secondary N) is 2. The molecule has 0 spiro atoms. The lowest BCUT2D eigenvalue weighted by atomic mass is 9.99. The molecule has 0 radical (unpaired) electrons. The smallest absolute Gasteiger partial charge is 0.259 e. The van der Waals surface area contributed by atoms with Crippen LogP contribution < -0.4 is 20.3 Å². The van der Waals surface area contributed by atoms with Crippen LogP contribution in [0.25, 0.3) is 11.3 Å². The Balaban J connectivity index is 1.65. The molecule has 0 bridgehead atoms. The average Bonchev–Trinajstić information content (AvgIpc) is 3.37. The molecule has 1 amide bonds. The quantitative estimate of drug-likeness (QED) is 0.825. The van der Waals surface area contributed by atoms with Gasteiger partial charge >= 0.3 is 0 Å². The second-order valence-electron chi connectivity index (χ2n) is 7.68. The first kappa shape index (κ1) is 18.8. The van der Waals surface area contributed by atoms with Crippen LogP contribution in [0.2, 0.25) is 0 Å². The second-order valence-corrected chi connectivity index (χ2v) is 7.68. The highest BCUT2D eigenvalue weighted by Gasteiger charge is 2.31. The first-order valence-electron chi connectivity index (χ1n) is 10.1. The standard InChI is InChI=1S/C21H28N4O3/c1-14-13-16(9-10-22-14)23-21(26)18-19(15-5-7-17(27-2)8-6-15)28-24-20(18)25-11-3-4-12-25/h5-8,14,16,22H,3-4,9-13H2,1-2H3,(H,23,26)/t14-,16+/m1/s1. The Bertz CT molecular complexity index is 812. The lowest BCUT2D eigenvalue weighted by Gasteiger charge is -2.28. The first-order valence-corrected chi connectivity index (χ1v) is 10.1. The average molecular weight is 384 g/mol. The van der Waals surface area contributed by atoms with E-state index in [1.807, 2.05) is 24.3 Å². The van der Waals surface area contributed by atoms with Crippen LogP contribution in [0.4, 0.5) is 5.82 Å². The van der Waals surface area contributed by atoms with Gasteiger partial charge in [0.05, 0.1) is 7.11 Å². The SMILES string of the molecule is COc1ccc(-c2onc(N3CCCC3)c2C(=O)N[C@H]2CCN[C@H](C)C2)cc1. The summed E-state index contributed by atoms with van der Waals surface area (Å²) < 4.78 is 10.9. The summed E-state index contributed by atoms with van der Waals surface area (Å²) in [5, 5.41) is 10.9. The zero-order chi connectivity index (χ0) is 19.5. The minimum Gasteiger partial charge on any atom is -0.497 e. The molecule has 1 aromatic carbocycles. The Morgan fingerprint density at radius 1 is 1.29 bits per heavy atom. The van der Waals surface area contributed by atoms with Gasteiger partial charge < -0.3 is 24.8 Å². The monoisotopic (exact) mass is 384 g/mol. The summed E-state index contributed by atoms with van der Waals surface area (Å²) in [7, 11) is 1.63. The number of rotatable bonds is 5. The number of aromatic nitrogens is 1. The maximum absolute atomic E-state index is 13.3. The number of ether oxygens (including phenoxy) is 1. The molecule has 2 aliphatic heterocycles. The molecule has 2 fully saturated rings. The normalized spacial score (nSPS) is 22.3. The molecule has 2 saturated heterocycles. The summed E-state index contributed by atoms with van der Waals surface area (Å²) in [6, 6.07) is 8.09. The third-order valence-corrected chi connectivity index (χ3v) is 5.62. The van der Waals surface area contributed by atoms with Gasteiger partial charge in [-0.3, -0.25) is 4.79 Å². The highest BCUT2D eigenvalue weighted by Crippen LogP contribution is 2.34. The molecule has 1 aromatic heterocycles. The van der Waals surface area contributed by atoms with Crippen molar-refractivity contribution in [1.29, 1.82) is 0 Å². The lowest BCUT2D eigenvalue weighted by molar-refractivity contribution is 0.0926. The molecule has 4 rings (SSSR count). The van der Waals surface area contributed by atoms with E-state index in [0.29, 0.717) is 23.2 Å². The van der Waals surface area contributed by atoms with Crippen molar-refractivity contribution >= 4 is 11.7 Å². The number of hydrogen-bond acceptors (Lipinski definition) is 6. The summed E-state index contributed by atoms with van der Waals surface area (Å²) in [4.78, 5) is 15.4. The van der Waals surface area contributed by atoms with Crippen molar-refractivity contribution in [3.8, 4) is 17.1 Å². The van der Waals surface area contributed by atoms with Gasteiger partial charge in [-0.2, -0.15) is 0 Å². The Morgan fingerprint density at radius 2 is 2.04 bits per heavy atom. The Labute approximate surface area is 165 Å². The van der Waals surface area contributed by atoms with Crippen molar-refractivity contribution in [1.82, 2.24) is 15.8 Å². The van der Waals surface area contributed by atoms with Crippen LogP contribution in [0.3, 0.4) is 0 Å². The summed E-state index contributed by atoms with van der Waals surface area (Å²) in [6.45, 7) is 4.87. The van der Waals surface area contributed by atoms with Crippen LogP contribution in [0, 0.1) is 0 Å². The molecule has 2 aromatic rings. The van der Waals surface area contributed by atoms with Gasteiger partial charge in [-0.15, -0.1) is 0 Å².